The largest absolute Gasteiger partial charge is 0.489 e. The lowest BCUT2D eigenvalue weighted by molar-refractivity contribution is 0.119. The number of fused-ring (bicyclic) bond motifs is 1. The normalized spacial score (nSPS) is 25.7. The topological polar surface area (TPSA) is 68.6 Å². The number of ether oxygens (including phenoxy) is 2. The average molecular weight is 439 g/mol. The molecule has 0 spiro atoms. The van der Waals surface area contributed by atoms with Gasteiger partial charge in [0.05, 0.1) is 31.1 Å². The molecule has 0 bridgehead atoms. The van der Waals surface area contributed by atoms with Crippen molar-refractivity contribution in [1.29, 1.82) is 0 Å². The number of anilines is 1. The van der Waals surface area contributed by atoms with Crippen LogP contribution in [0.25, 0.3) is 11.1 Å². The smallest absolute Gasteiger partial charge is 0.414 e. The van der Waals surface area contributed by atoms with Crippen LogP contribution in [0.1, 0.15) is 64.0 Å². The Kier molecular flexibility index (Phi) is 5.84. The van der Waals surface area contributed by atoms with Gasteiger partial charge in [-0.15, -0.1) is 0 Å². The van der Waals surface area contributed by atoms with E-state index < -0.39 is 0 Å². The van der Waals surface area contributed by atoms with E-state index in [-0.39, 0.29) is 18.2 Å². The van der Waals surface area contributed by atoms with Gasteiger partial charge in [-0.1, -0.05) is 0 Å². The van der Waals surface area contributed by atoms with Crippen LogP contribution < -0.4 is 15.0 Å². The fourth-order valence-electron chi connectivity index (χ4n) is 5.22. The van der Waals surface area contributed by atoms with Crippen LogP contribution in [0.15, 0.2) is 24.5 Å². The lowest BCUT2D eigenvalue weighted by Crippen LogP contribution is -2.42. The van der Waals surface area contributed by atoms with Crippen LogP contribution in [-0.4, -0.2) is 47.7 Å². The number of benzene rings is 1. The van der Waals surface area contributed by atoms with Crippen molar-refractivity contribution in [2.75, 3.05) is 18.6 Å². The van der Waals surface area contributed by atoms with Crippen LogP contribution in [0.2, 0.25) is 0 Å². The van der Waals surface area contributed by atoms with E-state index in [0.717, 1.165) is 73.2 Å². The first kappa shape index (κ1) is 21.3. The molecule has 3 atom stereocenters. The molecule has 1 amide bonds. The van der Waals surface area contributed by atoms with E-state index in [0.29, 0.717) is 12.1 Å². The Balaban J connectivity index is 1.53. The van der Waals surface area contributed by atoms with E-state index in [2.05, 4.69) is 42.2 Å². The van der Waals surface area contributed by atoms with Gasteiger partial charge in [-0.2, -0.15) is 5.10 Å². The lowest BCUT2D eigenvalue weighted by atomic mass is 9.91. The first-order valence-electron chi connectivity index (χ1n) is 12.0. The second kappa shape index (κ2) is 8.77. The number of hydrogen-bond donors (Lipinski definition) is 1. The van der Waals surface area contributed by atoms with Gasteiger partial charge in [0.1, 0.15) is 5.75 Å². The summed E-state index contributed by atoms with van der Waals surface area (Å²) < 4.78 is 13.8. The second-order valence-corrected chi connectivity index (χ2v) is 9.58. The molecule has 2 fully saturated rings. The van der Waals surface area contributed by atoms with Gasteiger partial charge in [-0.3, -0.25) is 9.58 Å². The SMILES string of the molecule is COC(=O)N1c2ccc(-c3cnn([C@@H]4CCN[C@@H](C)C4)c3)c(OC3CCC3)c2CC[C@@H]1C. The maximum Gasteiger partial charge on any atom is 0.414 e. The van der Waals surface area contributed by atoms with Gasteiger partial charge in [-0.05, 0) is 77.5 Å². The van der Waals surface area contributed by atoms with Crippen molar-refractivity contribution in [3.63, 3.8) is 0 Å². The Hall–Kier alpha value is -2.54. The Morgan fingerprint density at radius 3 is 2.75 bits per heavy atom. The average Bonchev–Trinajstić information content (AvgIpc) is 3.25. The molecule has 2 aromatic rings. The zero-order chi connectivity index (χ0) is 22.2. The molecule has 2 aliphatic heterocycles. The van der Waals surface area contributed by atoms with Gasteiger partial charge in [0.25, 0.3) is 0 Å². The Morgan fingerprint density at radius 1 is 1.19 bits per heavy atom. The van der Waals surface area contributed by atoms with Gasteiger partial charge < -0.3 is 14.8 Å². The third kappa shape index (κ3) is 3.87. The van der Waals surface area contributed by atoms with Crippen molar-refractivity contribution < 1.29 is 14.3 Å². The lowest BCUT2D eigenvalue weighted by Gasteiger charge is -2.37. The minimum atomic E-state index is -0.311. The molecule has 1 saturated carbocycles. The van der Waals surface area contributed by atoms with Gasteiger partial charge >= 0.3 is 6.09 Å². The van der Waals surface area contributed by atoms with Crippen LogP contribution in [0.5, 0.6) is 5.75 Å². The monoisotopic (exact) mass is 438 g/mol. The number of nitrogens with zero attached hydrogens (tertiary/aromatic N) is 3. The van der Waals surface area contributed by atoms with Crippen molar-refractivity contribution in [2.45, 2.75) is 83.0 Å². The van der Waals surface area contributed by atoms with E-state index in [1.165, 1.54) is 13.5 Å². The number of piperidine rings is 1. The van der Waals surface area contributed by atoms with Crippen LogP contribution >= 0.6 is 0 Å². The number of aromatic nitrogens is 2. The predicted octanol–water partition coefficient (Wildman–Crippen LogP) is 4.70. The van der Waals surface area contributed by atoms with Gasteiger partial charge in [-0.25, -0.2) is 4.79 Å². The minimum Gasteiger partial charge on any atom is -0.489 e. The molecule has 3 heterocycles. The van der Waals surface area contributed by atoms with E-state index in [1.54, 1.807) is 4.90 Å². The molecule has 172 valence electrons. The van der Waals surface area contributed by atoms with Crippen LogP contribution in [-0.2, 0) is 11.2 Å². The molecule has 1 N–H and O–H groups in total. The summed E-state index contributed by atoms with van der Waals surface area (Å²) in [5, 5.41) is 8.25. The molecule has 32 heavy (non-hydrogen) atoms. The summed E-state index contributed by atoms with van der Waals surface area (Å²) in [7, 11) is 1.44. The number of rotatable bonds is 4. The highest BCUT2D eigenvalue weighted by Gasteiger charge is 2.33. The standard InChI is InChI=1S/C25H34N4O3/c1-16-13-19(11-12-26-16)28-15-18(14-27-28)21-9-10-23-22(24(21)32-20-5-4-6-20)8-7-17(2)29(23)25(30)31-3/h9-10,14-17,19-20,26H,4-8,11-13H2,1-3H3/t16-,17-,19+/m0/s1. The number of carbonyl (C=O) groups is 1. The first-order valence-corrected chi connectivity index (χ1v) is 12.0. The van der Waals surface area contributed by atoms with Gasteiger partial charge in [0.2, 0.25) is 0 Å². The molecule has 0 radical (unpaired) electrons. The molecule has 1 aromatic carbocycles. The molecule has 0 unspecified atom stereocenters. The van der Waals surface area contributed by atoms with Crippen LogP contribution in [0.3, 0.4) is 0 Å². The van der Waals surface area contributed by atoms with E-state index in [9.17, 15) is 4.79 Å². The molecule has 1 saturated heterocycles. The summed E-state index contributed by atoms with van der Waals surface area (Å²) in [6.07, 6.45) is 11.4. The highest BCUT2D eigenvalue weighted by molar-refractivity contribution is 5.92. The first-order chi connectivity index (χ1) is 15.5. The predicted molar refractivity (Wildman–Crippen MR) is 124 cm³/mol. The summed E-state index contributed by atoms with van der Waals surface area (Å²) in [5.41, 5.74) is 4.18. The third-order valence-electron chi connectivity index (χ3n) is 7.34. The van der Waals surface area contributed by atoms with Crippen molar-refractivity contribution in [2.24, 2.45) is 0 Å². The number of methoxy groups -OCH3 is 1. The summed E-state index contributed by atoms with van der Waals surface area (Å²) in [6, 6.07) is 5.17. The van der Waals surface area contributed by atoms with Crippen LogP contribution in [0.4, 0.5) is 10.5 Å². The second-order valence-electron chi connectivity index (χ2n) is 9.58. The Morgan fingerprint density at radius 2 is 2.03 bits per heavy atom. The maximum absolute atomic E-state index is 12.5. The van der Waals surface area contributed by atoms with Crippen molar-refractivity contribution in [3.8, 4) is 16.9 Å². The van der Waals surface area contributed by atoms with E-state index in [4.69, 9.17) is 14.6 Å². The molecular formula is C25H34N4O3. The minimum absolute atomic E-state index is 0.0991. The molecule has 1 aliphatic carbocycles. The summed E-state index contributed by atoms with van der Waals surface area (Å²) >= 11 is 0. The fourth-order valence-corrected chi connectivity index (χ4v) is 5.22. The number of nitrogens with one attached hydrogen (secondary N) is 1. The number of carbonyl (C=O) groups excluding carboxylic acids is 1. The van der Waals surface area contributed by atoms with Crippen molar-refractivity contribution in [1.82, 2.24) is 15.1 Å². The molecule has 1 aromatic heterocycles. The molecule has 5 rings (SSSR count). The molecular weight excluding hydrogens is 404 g/mol. The quantitative estimate of drug-likeness (QED) is 0.749. The molecule has 7 heteroatoms. The zero-order valence-electron chi connectivity index (χ0n) is 19.3. The highest BCUT2D eigenvalue weighted by Crippen LogP contribution is 2.45. The molecule has 7 nitrogen and oxygen atoms in total. The van der Waals surface area contributed by atoms with Crippen molar-refractivity contribution >= 4 is 11.8 Å². The van der Waals surface area contributed by atoms with E-state index >= 15 is 0 Å². The summed E-state index contributed by atoms with van der Waals surface area (Å²) in [5.74, 6) is 0.922. The highest BCUT2D eigenvalue weighted by atomic mass is 16.5. The van der Waals surface area contributed by atoms with Crippen LogP contribution in [0, 0.1) is 0 Å². The third-order valence-corrected chi connectivity index (χ3v) is 7.34. The van der Waals surface area contributed by atoms with Gasteiger partial charge in [0, 0.05) is 35.0 Å². The Bertz CT molecular complexity index is 984. The maximum atomic E-state index is 12.5. The fraction of sp³-hybridized carbons (Fsp3) is 0.600. The number of amides is 1. The summed E-state index contributed by atoms with van der Waals surface area (Å²) in [6.45, 7) is 5.33. The summed E-state index contributed by atoms with van der Waals surface area (Å²) in [4.78, 5) is 14.3. The van der Waals surface area contributed by atoms with Gasteiger partial charge in [0.15, 0.2) is 0 Å². The number of hydrogen-bond acceptors (Lipinski definition) is 5. The molecule has 3 aliphatic rings. The zero-order valence-corrected chi connectivity index (χ0v) is 19.3. The Labute approximate surface area is 190 Å². The van der Waals surface area contributed by atoms with E-state index in [1.807, 2.05) is 6.20 Å². The van der Waals surface area contributed by atoms with Crippen molar-refractivity contribution in [3.05, 3.63) is 30.1 Å².